The summed E-state index contributed by atoms with van der Waals surface area (Å²) in [5.74, 6) is -1.07. The van der Waals surface area contributed by atoms with Crippen molar-refractivity contribution in [3.8, 4) is 0 Å². The van der Waals surface area contributed by atoms with E-state index < -0.39 is 23.0 Å². The van der Waals surface area contributed by atoms with Crippen LogP contribution in [-0.4, -0.2) is 29.6 Å². The molecule has 4 atom stereocenters. The van der Waals surface area contributed by atoms with Gasteiger partial charge in [0.2, 0.25) is 5.91 Å². The Morgan fingerprint density at radius 3 is 2.32 bits per heavy atom. The van der Waals surface area contributed by atoms with Crippen molar-refractivity contribution in [3.63, 3.8) is 0 Å². The van der Waals surface area contributed by atoms with Gasteiger partial charge in [0.05, 0.1) is 0 Å². The standard InChI is InChI=1S/C27H32Cl2N2O3/c1-25(2,3)14-20-27(18-11-10-17(29)13-19(18)30-24(27)33)21(15-8-7-9-16(28)12-15)22(31-20)23(32)34-26(4,5)6/h7-13,20-22,31H,14H2,1-6H3,(H,30,33)/t20-,21+,22+,27+/m0/s1. The molecule has 2 aromatic carbocycles. The summed E-state index contributed by atoms with van der Waals surface area (Å²) < 4.78 is 5.84. The maximum Gasteiger partial charge on any atom is 0.324 e. The van der Waals surface area contributed by atoms with Gasteiger partial charge >= 0.3 is 5.97 Å². The summed E-state index contributed by atoms with van der Waals surface area (Å²) in [4.78, 5) is 27.6. The lowest BCUT2D eigenvalue weighted by Crippen LogP contribution is -2.49. The Morgan fingerprint density at radius 1 is 1.03 bits per heavy atom. The minimum absolute atomic E-state index is 0.109. The first-order valence-electron chi connectivity index (χ1n) is 11.6. The van der Waals surface area contributed by atoms with Crippen molar-refractivity contribution < 1.29 is 14.3 Å². The summed E-state index contributed by atoms with van der Waals surface area (Å²) in [6, 6.07) is 11.8. The summed E-state index contributed by atoms with van der Waals surface area (Å²) in [6.45, 7) is 11.9. The topological polar surface area (TPSA) is 67.4 Å². The zero-order chi connectivity index (χ0) is 25.1. The molecule has 34 heavy (non-hydrogen) atoms. The van der Waals surface area contributed by atoms with E-state index in [-0.39, 0.29) is 23.3 Å². The van der Waals surface area contributed by atoms with Crippen molar-refractivity contribution in [1.29, 1.82) is 0 Å². The third-order valence-corrected chi connectivity index (χ3v) is 6.96. The van der Waals surface area contributed by atoms with E-state index in [1.54, 1.807) is 18.2 Å². The molecule has 0 aromatic heterocycles. The third-order valence-electron chi connectivity index (χ3n) is 6.49. The molecule has 0 radical (unpaired) electrons. The number of hydrogen-bond donors (Lipinski definition) is 2. The summed E-state index contributed by atoms with van der Waals surface area (Å²) in [7, 11) is 0. The second-order valence-electron chi connectivity index (χ2n) is 11.5. The Hall–Kier alpha value is -2.08. The van der Waals surface area contributed by atoms with Crippen LogP contribution in [0.3, 0.4) is 0 Å². The number of ether oxygens (including phenoxy) is 1. The predicted octanol–water partition coefficient (Wildman–Crippen LogP) is 6.09. The molecular formula is C27H32Cl2N2O3. The van der Waals surface area contributed by atoms with Gasteiger partial charge in [-0.2, -0.15) is 0 Å². The Labute approximate surface area is 211 Å². The van der Waals surface area contributed by atoms with Crippen LogP contribution in [0.2, 0.25) is 10.0 Å². The van der Waals surface area contributed by atoms with Gasteiger partial charge < -0.3 is 10.1 Å². The zero-order valence-corrected chi connectivity index (χ0v) is 22.0. The molecule has 1 fully saturated rings. The zero-order valence-electron chi connectivity index (χ0n) is 20.5. The molecule has 5 nitrogen and oxygen atoms in total. The molecule has 1 saturated heterocycles. The van der Waals surface area contributed by atoms with E-state index in [4.69, 9.17) is 27.9 Å². The maximum atomic E-state index is 14.0. The second kappa shape index (κ2) is 8.54. The summed E-state index contributed by atoms with van der Waals surface area (Å²) in [5, 5.41) is 7.69. The van der Waals surface area contributed by atoms with Crippen LogP contribution >= 0.6 is 23.2 Å². The molecule has 1 amide bonds. The number of amides is 1. The quantitative estimate of drug-likeness (QED) is 0.498. The van der Waals surface area contributed by atoms with E-state index in [2.05, 4.69) is 31.4 Å². The number of carbonyl (C=O) groups is 2. The van der Waals surface area contributed by atoms with Gasteiger partial charge in [0.15, 0.2) is 0 Å². The smallest absolute Gasteiger partial charge is 0.324 e. The number of hydrogen-bond acceptors (Lipinski definition) is 4. The van der Waals surface area contributed by atoms with Gasteiger partial charge in [-0.15, -0.1) is 0 Å². The number of nitrogens with one attached hydrogen (secondary N) is 2. The molecule has 0 bridgehead atoms. The Kier molecular flexibility index (Phi) is 6.29. The molecule has 2 heterocycles. The van der Waals surface area contributed by atoms with E-state index in [1.807, 2.05) is 45.0 Å². The molecule has 7 heteroatoms. The molecule has 4 rings (SSSR count). The molecule has 0 unspecified atom stereocenters. The third kappa shape index (κ3) is 4.46. The highest BCUT2D eigenvalue weighted by atomic mass is 35.5. The summed E-state index contributed by atoms with van der Waals surface area (Å²) in [5.41, 5.74) is 0.498. The molecule has 2 aromatic rings. The lowest BCUT2D eigenvalue weighted by atomic mass is 9.62. The van der Waals surface area contributed by atoms with Gasteiger partial charge in [0.1, 0.15) is 17.1 Å². The predicted molar refractivity (Wildman–Crippen MR) is 137 cm³/mol. The molecule has 2 N–H and O–H groups in total. The molecule has 182 valence electrons. The largest absolute Gasteiger partial charge is 0.459 e. The second-order valence-corrected chi connectivity index (χ2v) is 12.4. The van der Waals surface area contributed by atoms with Crippen molar-refractivity contribution in [2.24, 2.45) is 5.41 Å². The lowest BCUT2D eigenvalue weighted by molar-refractivity contribution is -0.157. The van der Waals surface area contributed by atoms with Gasteiger partial charge in [-0.3, -0.25) is 14.9 Å². The average Bonchev–Trinajstić information content (AvgIpc) is 3.15. The Balaban J connectivity index is 1.98. The van der Waals surface area contributed by atoms with Crippen LogP contribution in [0.15, 0.2) is 42.5 Å². The van der Waals surface area contributed by atoms with Gasteiger partial charge in [0, 0.05) is 27.7 Å². The first-order chi connectivity index (χ1) is 15.7. The molecule has 1 spiro atoms. The molecular weight excluding hydrogens is 471 g/mol. The van der Waals surface area contributed by atoms with Crippen molar-refractivity contribution in [1.82, 2.24) is 5.32 Å². The normalized spacial score (nSPS) is 26.5. The first kappa shape index (κ1) is 25.0. The summed E-state index contributed by atoms with van der Waals surface area (Å²) >= 11 is 12.7. The Morgan fingerprint density at radius 2 is 1.71 bits per heavy atom. The van der Waals surface area contributed by atoms with Crippen molar-refractivity contribution in [2.45, 2.75) is 77.0 Å². The number of benzene rings is 2. The molecule has 0 aliphatic carbocycles. The van der Waals surface area contributed by atoms with E-state index in [1.165, 1.54) is 0 Å². The van der Waals surface area contributed by atoms with Gasteiger partial charge in [0.25, 0.3) is 0 Å². The van der Waals surface area contributed by atoms with Crippen LogP contribution in [-0.2, 0) is 19.7 Å². The minimum atomic E-state index is -1.04. The number of fused-ring (bicyclic) bond motifs is 2. The molecule has 0 saturated carbocycles. The fraction of sp³-hybridized carbons (Fsp3) is 0.481. The lowest BCUT2D eigenvalue weighted by Gasteiger charge is -2.37. The van der Waals surface area contributed by atoms with Crippen LogP contribution < -0.4 is 10.6 Å². The average molecular weight is 503 g/mol. The van der Waals surface area contributed by atoms with Gasteiger partial charge in [-0.25, -0.2) is 0 Å². The SMILES string of the molecule is CC(C)(C)C[C@@H]1N[C@@H](C(=O)OC(C)(C)C)[C@@H](c2cccc(Cl)c2)[C@]12C(=O)Nc1cc(Cl)ccc12. The number of rotatable bonds is 3. The molecule has 2 aliphatic heterocycles. The van der Waals surface area contributed by atoms with Crippen molar-refractivity contribution >= 4 is 40.8 Å². The number of anilines is 1. The Bertz CT molecular complexity index is 1140. The minimum Gasteiger partial charge on any atom is -0.459 e. The highest BCUT2D eigenvalue weighted by molar-refractivity contribution is 6.31. The fourth-order valence-electron chi connectivity index (χ4n) is 5.46. The molecule has 2 aliphatic rings. The van der Waals surface area contributed by atoms with Crippen LogP contribution in [0, 0.1) is 5.41 Å². The first-order valence-corrected chi connectivity index (χ1v) is 12.3. The van der Waals surface area contributed by atoms with E-state index >= 15 is 0 Å². The number of carbonyl (C=O) groups excluding carboxylic acids is 2. The van der Waals surface area contributed by atoms with E-state index in [0.717, 1.165) is 11.1 Å². The number of halogens is 2. The van der Waals surface area contributed by atoms with Gasteiger partial charge in [-0.1, -0.05) is 62.2 Å². The van der Waals surface area contributed by atoms with Crippen LogP contribution in [0.25, 0.3) is 0 Å². The van der Waals surface area contributed by atoms with Crippen molar-refractivity contribution in [2.75, 3.05) is 5.32 Å². The van der Waals surface area contributed by atoms with Crippen LogP contribution in [0.4, 0.5) is 5.69 Å². The monoisotopic (exact) mass is 502 g/mol. The summed E-state index contributed by atoms with van der Waals surface area (Å²) in [6.07, 6.45) is 0.666. The highest BCUT2D eigenvalue weighted by Crippen LogP contribution is 2.57. The van der Waals surface area contributed by atoms with Crippen LogP contribution in [0.5, 0.6) is 0 Å². The maximum absolute atomic E-state index is 14.0. The highest BCUT2D eigenvalue weighted by Gasteiger charge is 2.66. The number of esters is 1. The van der Waals surface area contributed by atoms with Crippen LogP contribution in [0.1, 0.15) is 65.0 Å². The van der Waals surface area contributed by atoms with Crippen molar-refractivity contribution in [3.05, 3.63) is 63.6 Å². The van der Waals surface area contributed by atoms with E-state index in [0.29, 0.717) is 22.2 Å². The van der Waals surface area contributed by atoms with Gasteiger partial charge in [-0.05, 0) is 68.0 Å². The fourth-order valence-corrected chi connectivity index (χ4v) is 5.84. The van der Waals surface area contributed by atoms with E-state index in [9.17, 15) is 9.59 Å².